The molecule has 0 spiro atoms. The van der Waals surface area contributed by atoms with Crippen LogP contribution in [0.1, 0.15) is 11.3 Å². The standard InChI is InChI=1S/C13H18N2O3S2/c1-14(20(2,17)18)10-13(16)15-7-5-11(6-8-15)12-4-3-9-19-12/h3-5,9H,6-8,10H2,1-2H3. The van der Waals surface area contributed by atoms with E-state index in [1.54, 1.807) is 16.2 Å². The molecule has 2 rings (SSSR count). The third kappa shape index (κ3) is 3.68. The third-order valence-electron chi connectivity index (χ3n) is 3.32. The molecule has 7 heteroatoms. The van der Waals surface area contributed by atoms with Gasteiger partial charge in [0.1, 0.15) is 0 Å². The number of likely N-dealkylation sites (N-methyl/N-ethyl adjacent to an activating group) is 1. The number of sulfonamides is 1. The lowest BCUT2D eigenvalue weighted by Gasteiger charge is -2.27. The van der Waals surface area contributed by atoms with Gasteiger partial charge < -0.3 is 4.90 Å². The number of carbonyl (C=O) groups excluding carboxylic acids is 1. The van der Waals surface area contributed by atoms with Crippen LogP contribution in [0.5, 0.6) is 0 Å². The average molecular weight is 314 g/mol. The highest BCUT2D eigenvalue weighted by Crippen LogP contribution is 2.26. The third-order valence-corrected chi connectivity index (χ3v) is 5.53. The number of hydrogen-bond acceptors (Lipinski definition) is 4. The number of nitrogens with zero attached hydrogens (tertiary/aromatic N) is 2. The molecule has 0 atom stereocenters. The van der Waals surface area contributed by atoms with Crippen molar-refractivity contribution in [3.8, 4) is 0 Å². The highest BCUT2D eigenvalue weighted by Gasteiger charge is 2.22. The molecular formula is C13H18N2O3S2. The van der Waals surface area contributed by atoms with Crippen molar-refractivity contribution in [1.29, 1.82) is 0 Å². The Morgan fingerprint density at radius 2 is 2.25 bits per heavy atom. The zero-order valence-corrected chi connectivity index (χ0v) is 13.2. The summed E-state index contributed by atoms with van der Waals surface area (Å²) in [5.41, 5.74) is 1.26. The van der Waals surface area contributed by atoms with Crippen LogP contribution in [0.3, 0.4) is 0 Å². The zero-order chi connectivity index (χ0) is 14.8. The molecule has 0 fully saturated rings. The molecule has 0 saturated heterocycles. The summed E-state index contributed by atoms with van der Waals surface area (Å²) in [4.78, 5) is 15.0. The van der Waals surface area contributed by atoms with E-state index in [9.17, 15) is 13.2 Å². The maximum Gasteiger partial charge on any atom is 0.238 e. The van der Waals surface area contributed by atoms with Gasteiger partial charge in [-0.05, 0) is 23.4 Å². The Labute approximate surface area is 123 Å². The summed E-state index contributed by atoms with van der Waals surface area (Å²) in [5.74, 6) is -0.153. The van der Waals surface area contributed by atoms with Gasteiger partial charge in [-0.1, -0.05) is 12.1 Å². The largest absolute Gasteiger partial charge is 0.337 e. The van der Waals surface area contributed by atoms with E-state index in [1.165, 1.54) is 17.5 Å². The fraction of sp³-hybridized carbons (Fsp3) is 0.462. The molecule has 0 bridgehead atoms. The van der Waals surface area contributed by atoms with Gasteiger partial charge in [0.15, 0.2) is 0 Å². The first kappa shape index (κ1) is 15.2. The van der Waals surface area contributed by atoms with Crippen LogP contribution in [0.2, 0.25) is 0 Å². The summed E-state index contributed by atoms with van der Waals surface area (Å²) in [6.07, 6.45) is 3.97. The number of rotatable bonds is 4. The van der Waals surface area contributed by atoms with E-state index in [-0.39, 0.29) is 12.5 Å². The van der Waals surface area contributed by atoms with Crippen molar-refractivity contribution in [2.75, 3.05) is 32.9 Å². The fourth-order valence-corrected chi connectivity index (χ4v) is 3.13. The van der Waals surface area contributed by atoms with Crippen LogP contribution < -0.4 is 0 Å². The second-order valence-electron chi connectivity index (χ2n) is 4.82. The van der Waals surface area contributed by atoms with Gasteiger partial charge in [-0.25, -0.2) is 8.42 Å². The molecule has 0 N–H and O–H groups in total. The van der Waals surface area contributed by atoms with Gasteiger partial charge >= 0.3 is 0 Å². The van der Waals surface area contributed by atoms with Crippen LogP contribution >= 0.6 is 11.3 Å². The lowest BCUT2D eigenvalue weighted by molar-refractivity contribution is -0.130. The predicted octanol–water partition coefficient (Wildman–Crippen LogP) is 1.26. The molecule has 0 aromatic carbocycles. The molecule has 2 heterocycles. The quantitative estimate of drug-likeness (QED) is 0.840. The first-order valence-corrected chi connectivity index (χ1v) is 9.02. The van der Waals surface area contributed by atoms with Crippen molar-refractivity contribution in [3.63, 3.8) is 0 Å². The van der Waals surface area contributed by atoms with Crippen molar-refractivity contribution >= 4 is 32.8 Å². The van der Waals surface area contributed by atoms with Gasteiger partial charge in [0.05, 0.1) is 12.8 Å². The molecule has 1 amide bonds. The molecule has 0 aliphatic carbocycles. The van der Waals surface area contributed by atoms with E-state index in [2.05, 4.69) is 6.07 Å². The van der Waals surface area contributed by atoms with Crippen LogP contribution in [0, 0.1) is 0 Å². The SMILES string of the molecule is CN(CC(=O)N1CC=C(c2cccs2)CC1)S(C)(=O)=O. The van der Waals surface area contributed by atoms with Crippen molar-refractivity contribution in [1.82, 2.24) is 9.21 Å². The Kier molecular flexibility index (Phi) is 4.62. The van der Waals surface area contributed by atoms with E-state index in [0.29, 0.717) is 13.1 Å². The average Bonchev–Trinajstić information content (AvgIpc) is 2.91. The van der Waals surface area contributed by atoms with Crippen LogP contribution in [0.25, 0.3) is 5.57 Å². The lowest BCUT2D eigenvalue weighted by Crippen LogP contribution is -2.42. The van der Waals surface area contributed by atoms with Crippen molar-refractivity contribution in [2.45, 2.75) is 6.42 Å². The fourth-order valence-electron chi connectivity index (χ4n) is 1.99. The second-order valence-corrected chi connectivity index (χ2v) is 7.85. The summed E-state index contributed by atoms with van der Waals surface area (Å²) < 4.78 is 23.7. The lowest BCUT2D eigenvalue weighted by atomic mass is 10.1. The molecule has 1 aromatic rings. The Bertz CT molecular complexity index is 606. The van der Waals surface area contributed by atoms with Crippen molar-refractivity contribution in [3.05, 3.63) is 28.5 Å². The first-order valence-electron chi connectivity index (χ1n) is 6.30. The van der Waals surface area contributed by atoms with E-state index in [4.69, 9.17) is 0 Å². The maximum absolute atomic E-state index is 12.0. The number of amides is 1. The van der Waals surface area contributed by atoms with Crippen molar-refractivity contribution in [2.24, 2.45) is 0 Å². The number of thiophene rings is 1. The predicted molar refractivity (Wildman–Crippen MR) is 81.0 cm³/mol. The second kappa shape index (κ2) is 6.07. The molecule has 0 unspecified atom stereocenters. The topological polar surface area (TPSA) is 57.7 Å². The van der Waals surface area contributed by atoms with Crippen LogP contribution in [-0.2, 0) is 14.8 Å². The van der Waals surface area contributed by atoms with E-state index in [1.807, 2.05) is 17.5 Å². The van der Waals surface area contributed by atoms with Crippen LogP contribution in [0.15, 0.2) is 23.6 Å². The maximum atomic E-state index is 12.0. The van der Waals surface area contributed by atoms with Gasteiger partial charge in [-0.15, -0.1) is 11.3 Å². The summed E-state index contributed by atoms with van der Waals surface area (Å²) in [5, 5.41) is 2.04. The monoisotopic (exact) mass is 314 g/mol. The minimum absolute atomic E-state index is 0.0962. The van der Waals surface area contributed by atoms with Crippen LogP contribution in [0.4, 0.5) is 0 Å². The molecule has 20 heavy (non-hydrogen) atoms. The van der Waals surface area contributed by atoms with E-state index >= 15 is 0 Å². The minimum Gasteiger partial charge on any atom is -0.337 e. The molecule has 5 nitrogen and oxygen atoms in total. The summed E-state index contributed by atoms with van der Waals surface area (Å²) in [6, 6.07) is 4.09. The van der Waals surface area contributed by atoms with E-state index < -0.39 is 10.0 Å². The Balaban J connectivity index is 1.95. The van der Waals surface area contributed by atoms with Gasteiger partial charge in [-0.2, -0.15) is 4.31 Å². The molecule has 0 saturated carbocycles. The molecule has 1 aromatic heterocycles. The molecule has 1 aliphatic heterocycles. The van der Waals surface area contributed by atoms with Crippen LogP contribution in [-0.4, -0.2) is 56.5 Å². The number of carbonyl (C=O) groups is 1. The van der Waals surface area contributed by atoms with Gasteiger partial charge in [-0.3, -0.25) is 4.79 Å². The molecule has 0 radical (unpaired) electrons. The Morgan fingerprint density at radius 3 is 2.75 bits per heavy atom. The molecule has 110 valence electrons. The summed E-state index contributed by atoms with van der Waals surface area (Å²) in [7, 11) is -1.89. The number of hydrogen-bond donors (Lipinski definition) is 0. The molecule has 1 aliphatic rings. The minimum atomic E-state index is -3.31. The van der Waals surface area contributed by atoms with Gasteiger partial charge in [0.2, 0.25) is 15.9 Å². The van der Waals surface area contributed by atoms with E-state index in [0.717, 1.165) is 17.0 Å². The highest BCUT2D eigenvalue weighted by molar-refractivity contribution is 7.88. The highest BCUT2D eigenvalue weighted by atomic mass is 32.2. The first-order chi connectivity index (χ1) is 9.38. The summed E-state index contributed by atoms with van der Waals surface area (Å²) >= 11 is 1.69. The zero-order valence-electron chi connectivity index (χ0n) is 11.6. The smallest absolute Gasteiger partial charge is 0.238 e. The Morgan fingerprint density at radius 1 is 1.50 bits per heavy atom. The molecular weight excluding hydrogens is 296 g/mol. The Hall–Kier alpha value is -1.18. The van der Waals surface area contributed by atoms with Gasteiger partial charge in [0, 0.05) is 25.0 Å². The normalized spacial score (nSPS) is 16.4. The summed E-state index contributed by atoms with van der Waals surface area (Å²) in [6.45, 7) is 1.09. The van der Waals surface area contributed by atoms with Crippen molar-refractivity contribution < 1.29 is 13.2 Å². The van der Waals surface area contributed by atoms with Gasteiger partial charge in [0.25, 0.3) is 0 Å².